The summed E-state index contributed by atoms with van der Waals surface area (Å²) in [4.78, 5) is 0. The maximum atomic E-state index is 9.33. The van der Waals surface area contributed by atoms with Crippen LogP contribution in [0.2, 0.25) is 0 Å². The van der Waals surface area contributed by atoms with Crippen molar-refractivity contribution in [3.8, 4) is 17.6 Å². The number of hydrogen-bond acceptors (Lipinski definition) is 4. The Labute approximate surface area is 143 Å². The first-order valence-corrected chi connectivity index (χ1v) is 8.20. The summed E-state index contributed by atoms with van der Waals surface area (Å²) in [6.45, 7) is 5.44. The zero-order chi connectivity index (χ0) is 17.5. The predicted octanol–water partition coefficient (Wildman–Crippen LogP) is 3.62. The second kappa shape index (κ2) is 8.30. The van der Waals surface area contributed by atoms with Crippen LogP contribution in [0.3, 0.4) is 0 Å². The average molecular weight is 327 g/mol. The summed E-state index contributed by atoms with van der Waals surface area (Å²) in [5.74, 6) is 2.16. The molecule has 0 aliphatic rings. The number of nitrogens with two attached hydrogens (primary N) is 1. The highest BCUT2D eigenvalue weighted by molar-refractivity contribution is 5.50. The SMILES string of the molecule is COc1ccc(OCCn2c(C#N)cc(N)c2CCC(C)C)cc1. The van der Waals surface area contributed by atoms with Gasteiger partial charge in [0.1, 0.15) is 29.9 Å². The zero-order valence-corrected chi connectivity index (χ0v) is 14.6. The van der Waals surface area contributed by atoms with Gasteiger partial charge in [0.2, 0.25) is 0 Å². The van der Waals surface area contributed by atoms with E-state index in [9.17, 15) is 5.26 Å². The second-order valence-electron chi connectivity index (χ2n) is 6.15. The molecule has 2 aromatic rings. The Morgan fingerprint density at radius 2 is 1.88 bits per heavy atom. The van der Waals surface area contributed by atoms with Gasteiger partial charge >= 0.3 is 0 Å². The van der Waals surface area contributed by atoms with E-state index >= 15 is 0 Å². The number of methoxy groups -OCH3 is 1. The lowest BCUT2D eigenvalue weighted by Crippen LogP contribution is -2.13. The van der Waals surface area contributed by atoms with Gasteiger partial charge in [0.25, 0.3) is 0 Å². The van der Waals surface area contributed by atoms with Crippen molar-refractivity contribution < 1.29 is 9.47 Å². The molecule has 2 rings (SSSR count). The smallest absolute Gasteiger partial charge is 0.122 e. The van der Waals surface area contributed by atoms with Gasteiger partial charge in [-0.3, -0.25) is 0 Å². The lowest BCUT2D eigenvalue weighted by atomic mass is 10.1. The molecule has 5 heteroatoms. The fourth-order valence-corrected chi connectivity index (χ4v) is 2.59. The summed E-state index contributed by atoms with van der Waals surface area (Å²) < 4.78 is 12.9. The summed E-state index contributed by atoms with van der Waals surface area (Å²) >= 11 is 0. The Kier molecular flexibility index (Phi) is 6.14. The number of benzene rings is 1. The van der Waals surface area contributed by atoms with Gasteiger partial charge in [-0.2, -0.15) is 5.26 Å². The highest BCUT2D eigenvalue weighted by Gasteiger charge is 2.13. The summed E-state index contributed by atoms with van der Waals surface area (Å²) in [5.41, 5.74) is 8.40. The minimum atomic E-state index is 0.476. The molecule has 0 atom stereocenters. The van der Waals surface area contributed by atoms with Crippen LogP contribution in [0, 0.1) is 17.2 Å². The van der Waals surface area contributed by atoms with E-state index in [1.807, 2.05) is 28.8 Å². The van der Waals surface area contributed by atoms with Crippen LogP contribution in [0.4, 0.5) is 5.69 Å². The monoisotopic (exact) mass is 327 g/mol. The van der Waals surface area contributed by atoms with Crippen molar-refractivity contribution in [1.29, 1.82) is 5.26 Å². The van der Waals surface area contributed by atoms with E-state index in [1.165, 1.54) is 0 Å². The average Bonchev–Trinajstić information content (AvgIpc) is 2.88. The van der Waals surface area contributed by atoms with Crippen LogP contribution in [-0.2, 0) is 13.0 Å². The van der Waals surface area contributed by atoms with E-state index in [0.29, 0.717) is 30.5 Å². The number of hydrogen-bond donors (Lipinski definition) is 1. The molecular formula is C19H25N3O2. The minimum absolute atomic E-state index is 0.476. The van der Waals surface area contributed by atoms with Gasteiger partial charge in [0.05, 0.1) is 19.3 Å². The van der Waals surface area contributed by atoms with Crippen LogP contribution in [0.15, 0.2) is 30.3 Å². The molecule has 0 amide bonds. The number of rotatable bonds is 8. The molecule has 0 saturated carbocycles. The zero-order valence-electron chi connectivity index (χ0n) is 14.6. The van der Waals surface area contributed by atoms with Crippen molar-refractivity contribution in [2.75, 3.05) is 19.5 Å². The van der Waals surface area contributed by atoms with Gasteiger partial charge in [-0.15, -0.1) is 0 Å². The van der Waals surface area contributed by atoms with Crippen molar-refractivity contribution in [3.05, 3.63) is 41.7 Å². The lowest BCUT2D eigenvalue weighted by Gasteiger charge is -2.13. The standard InChI is InChI=1S/C19H25N3O2/c1-14(2)4-9-19-18(21)12-15(13-20)22(19)10-11-24-17-7-5-16(23-3)6-8-17/h5-8,12,14H,4,9-11,21H2,1-3H3. The molecule has 1 heterocycles. The molecule has 1 aromatic carbocycles. The minimum Gasteiger partial charge on any atom is -0.497 e. The molecule has 5 nitrogen and oxygen atoms in total. The molecule has 0 radical (unpaired) electrons. The van der Waals surface area contributed by atoms with Crippen LogP contribution in [0.5, 0.6) is 11.5 Å². The fraction of sp³-hybridized carbons (Fsp3) is 0.421. The highest BCUT2D eigenvalue weighted by Crippen LogP contribution is 2.22. The normalized spacial score (nSPS) is 10.6. The van der Waals surface area contributed by atoms with E-state index in [2.05, 4.69) is 19.9 Å². The molecule has 0 aliphatic carbocycles. The third kappa shape index (κ3) is 4.45. The Morgan fingerprint density at radius 3 is 2.46 bits per heavy atom. The molecule has 0 fully saturated rings. The van der Waals surface area contributed by atoms with Gasteiger partial charge < -0.3 is 19.8 Å². The van der Waals surface area contributed by atoms with Gasteiger partial charge in [0, 0.05) is 5.69 Å². The molecular weight excluding hydrogens is 302 g/mol. The fourth-order valence-electron chi connectivity index (χ4n) is 2.59. The summed E-state index contributed by atoms with van der Waals surface area (Å²) in [6.07, 6.45) is 1.91. The third-order valence-electron chi connectivity index (χ3n) is 3.96. The Hall–Kier alpha value is -2.61. The van der Waals surface area contributed by atoms with Gasteiger partial charge in [0.15, 0.2) is 0 Å². The van der Waals surface area contributed by atoms with Gasteiger partial charge in [-0.25, -0.2) is 0 Å². The summed E-state index contributed by atoms with van der Waals surface area (Å²) in [6, 6.07) is 11.4. The van der Waals surface area contributed by atoms with E-state index < -0.39 is 0 Å². The quantitative estimate of drug-likeness (QED) is 0.803. The van der Waals surface area contributed by atoms with Crippen LogP contribution >= 0.6 is 0 Å². The largest absolute Gasteiger partial charge is 0.497 e. The Bertz CT molecular complexity index is 697. The number of anilines is 1. The molecule has 0 spiro atoms. The van der Waals surface area contributed by atoms with Crippen molar-refractivity contribution in [3.63, 3.8) is 0 Å². The maximum absolute atomic E-state index is 9.33. The van der Waals surface area contributed by atoms with E-state index in [1.54, 1.807) is 13.2 Å². The highest BCUT2D eigenvalue weighted by atomic mass is 16.5. The lowest BCUT2D eigenvalue weighted by molar-refractivity contribution is 0.295. The van der Waals surface area contributed by atoms with Gasteiger partial charge in [-0.05, 0) is 49.1 Å². The molecule has 2 N–H and O–H groups in total. The molecule has 0 bridgehead atoms. The third-order valence-corrected chi connectivity index (χ3v) is 3.96. The second-order valence-corrected chi connectivity index (χ2v) is 6.15. The summed E-state index contributed by atoms with van der Waals surface area (Å²) in [5, 5.41) is 9.33. The molecule has 0 unspecified atom stereocenters. The van der Waals surface area contributed by atoms with Crippen LogP contribution in [-0.4, -0.2) is 18.3 Å². The van der Waals surface area contributed by atoms with Crippen molar-refractivity contribution in [1.82, 2.24) is 4.57 Å². The first kappa shape index (κ1) is 17.7. The molecule has 128 valence electrons. The first-order chi connectivity index (χ1) is 11.5. The van der Waals surface area contributed by atoms with Crippen LogP contribution in [0.1, 0.15) is 31.7 Å². The number of aromatic nitrogens is 1. The molecule has 1 aromatic heterocycles. The van der Waals surface area contributed by atoms with E-state index in [4.69, 9.17) is 15.2 Å². The number of nitrogens with zero attached hydrogens (tertiary/aromatic N) is 2. The van der Waals surface area contributed by atoms with Crippen molar-refractivity contribution in [2.24, 2.45) is 5.92 Å². The Balaban J connectivity index is 2.03. The van der Waals surface area contributed by atoms with Crippen LogP contribution in [0.25, 0.3) is 0 Å². The van der Waals surface area contributed by atoms with E-state index in [-0.39, 0.29) is 0 Å². The van der Waals surface area contributed by atoms with Crippen molar-refractivity contribution >= 4 is 5.69 Å². The molecule has 0 saturated heterocycles. The molecule has 0 aliphatic heterocycles. The Morgan fingerprint density at radius 1 is 1.21 bits per heavy atom. The predicted molar refractivity (Wildman–Crippen MR) is 95.2 cm³/mol. The van der Waals surface area contributed by atoms with Crippen LogP contribution < -0.4 is 15.2 Å². The first-order valence-electron chi connectivity index (χ1n) is 8.20. The van der Waals surface area contributed by atoms with E-state index in [0.717, 1.165) is 30.0 Å². The topological polar surface area (TPSA) is 73.2 Å². The van der Waals surface area contributed by atoms with Gasteiger partial charge in [-0.1, -0.05) is 13.8 Å². The summed E-state index contributed by atoms with van der Waals surface area (Å²) in [7, 11) is 1.63. The maximum Gasteiger partial charge on any atom is 0.122 e. The number of ether oxygens (including phenoxy) is 2. The number of nitrogen functional groups attached to an aromatic ring is 1. The van der Waals surface area contributed by atoms with Crippen molar-refractivity contribution in [2.45, 2.75) is 33.2 Å². The molecule has 24 heavy (non-hydrogen) atoms. The number of nitriles is 1.